The third-order valence-electron chi connectivity index (χ3n) is 2.83. The quantitative estimate of drug-likeness (QED) is 0.768. The molecule has 0 aromatic heterocycles. The lowest BCUT2D eigenvalue weighted by Gasteiger charge is -2.25. The highest BCUT2D eigenvalue weighted by atomic mass is 35.5. The molecule has 7 heteroatoms. The summed E-state index contributed by atoms with van der Waals surface area (Å²) in [5.41, 5.74) is 5.68. The van der Waals surface area contributed by atoms with E-state index in [0.29, 0.717) is 6.42 Å². The highest BCUT2D eigenvalue weighted by Crippen LogP contribution is 2.12. The van der Waals surface area contributed by atoms with Gasteiger partial charge in [-0.05, 0) is 18.8 Å². The Labute approximate surface area is 109 Å². The molecule has 0 spiro atoms. The van der Waals surface area contributed by atoms with Gasteiger partial charge in [0, 0.05) is 6.04 Å². The van der Waals surface area contributed by atoms with Crippen LogP contribution >= 0.6 is 12.4 Å². The zero-order valence-electron chi connectivity index (χ0n) is 10.2. The molecule has 1 aliphatic rings. The van der Waals surface area contributed by atoms with Crippen molar-refractivity contribution in [1.82, 2.24) is 5.32 Å². The molecule has 1 amide bonds. The molecule has 1 rings (SSSR count). The van der Waals surface area contributed by atoms with Crippen LogP contribution < -0.4 is 11.1 Å². The number of amides is 1. The Kier molecular flexibility index (Phi) is 6.43. The number of rotatable bonds is 3. The predicted octanol–water partition coefficient (Wildman–Crippen LogP) is 0.0849. The van der Waals surface area contributed by atoms with E-state index < -0.39 is 15.9 Å². The standard InChI is InChI=1S/C10H20N2O3S.ClH/c1-7(2)9(11)10(13)12-8-4-3-5-16(14,15)6-8;/h7-9H,3-6,11H2,1-2H3,(H,12,13);1H. The van der Waals surface area contributed by atoms with E-state index in [1.165, 1.54) is 0 Å². The van der Waals surface area contributed by atoms with Crippen molar-refractivity contribution in [3.63, 3.8) is 0 Å². The van der Waals surface area contributed by atoms with Gasteiger partial charge in [-0.1, -0.05) is 13.8 Å². The maximum atomic E-state index is 11.6. The Morgan fingerprint density at radius 1 is 1.41 bits per heavy atom. The number of sulfone groups is 1. The second-order valence-electron chi connectivity index (χ2n) is 4.73. The second-order valence-corrected chi connectivity index (χ2v) is 6.96. The van der Waals surface area contributed by atoms with Crippen molar-refractivity contribution in [2.75, 3.05) is 11.5 Å². The van der Waals surface area contributed by atoms with E-state index in [-0.39, 0.29) is 41.8 Å². The molecule has 0 aliphatic carbocycles. The van der Waals surface area contributed by atoms with Crippen LogP contribution in [-0.2, 0) is 14.6 Å². The topological polar surface area (TPSA) is 89.3 Å². The van der Waals surface area contributed by atoms with Gasteiger partial charge in [0.25, 0.3) is 0 Å². The van der Waals surface area contributed by atoms with E-state index >= 15 is 0 Å². The summed E-state index contributed by atoms with van der Waals surface area (Å²) >= 11 is 0. The zero-order chi connectivity index (χ0) is 12.3. The average Bonchev–Trinajstić information content (AvgIpc) is 2.14. The molecule has 0 aromatic rings. The molecule has 2 unspecified atom stereocenters. The van der Waals surface area contributed by atoms with Gasteiger partial charge in [0.15, 0.2) is 9.84 Å². The highest BCUT2D eigenvalue weighted by molar-refractivity contribution is 7.91. The molecular weight excluding hydrogens is 264 g/mol. The normalized spacial score (nSPS) is 24.8. The number of halogens is 1. The fraction of sp³-hybridized carbons (Fsp3) is 0.900. The summed E-state index contributed by atoms with van der Waals surface area (Å²) in [6.07, 6.45) is 1.33. The Morgan fingerprint density at radius 3 is 2.47 bits per heavy atom. The monoisotopic (exact) mass is 284 g/mol. The maximum absolute atomic E-state index is 11.6. The molecule has 1 saturated heterocycles. The fourth-order valence-corrected chi connectivity index (χ4v) is 3.37. The molecule has 0 saturated carbocycles. The summed E-state index contributed by atoms with van der Waals surface area (Å²) in [7, 11) is -2.98. The van der Waals surface area contributed by atoms with Crippen molar-refractivity contribution in [3.8, 4) is 0 Å². The predicted molar refractivity (Wildman–Crippen MR) is 69.9 cm³/mol. The van der Waals surface area contributed by atoms with Gasteiger partial charge in [-0.25, -0.2) is 8.42 Å². The smallest absolute Gasteiger partial charge is 0.237 e. The Bertz CT molecular complexity index is 357. The van der Waals surface area contributed by atoms with Crippen LogP contribution in [0.1, 0.15) is 26.7 Å². The van der Waals surface area contributed by atoms with Gasteiger partial charge in [0.05, 0.1) is 17.5 Å². The summed E-state index contributed by atoms with van der Waals surface area (Å²) in [6.45, 7) is 3.73. The van der Waals surface area contributed by atoms with Crippen LogP contribution in [0.3, 0.4) is 0 Å². The average molecular weight is 285 g/mol. The van der Waals surface area contributed by atoms with Crippen LogP contribution in [0.4, 0.5) is 0 Å². The van der Waals surface area contributed by atoms with Gasteiger partial charge in [-0.2, -0.15) is 0 Å². The van der Waals surface area contributed by atoms with Crippen molar-refractivity contribution in [2.45, 2.75) is 38.8 Å². The number of hydrogen-bond acceptors (Lipinski definition) is 4. The van der Waals surface area contributed by atoms with E-state index in [9.17, 15) is 13.2 Å². The summed E-state index contributed by atoms with van der Waals surface area (Å²) in [6, 6.07) is -0.833. The first kappa shape index (κ1) is 16.7. The van der Waals surface area contributed by atoms with Gasteiger partial charge in [-0.3, -0.25) is 4.79 Å². The number of nitrogens with two attached hydrogens (primary N) is 1. The third kappa shape index (κ3) is 5.23. The van der Waals surface area contributed by atoms with E-state index in [1.807, 2.05) is 13.8 Å². The van der Waals surface area contributed by atoms with Crippen molar-refractivity contribution in [1.29, 1.82) is 0 Å². The molecule has 17 heavy (non-hydrogen) atoms. The van der Waals surface area contributed by atoms with Crippen molar-refractivity contribution < 1.29 is 13.2 Å². The number of carbonyl (C=O) groups excluding carboxylic acids is 1. The highest BCUT2D eigenvalue weighted by Gasteiger charge is 2.27. The molecule has 5 nitrogen and oxygen atoms in total. The Balaban J connectivity index is 0.00000256. The van der Waals surface area contributed by atoms with Crippen LogP contribution in [0, 0.1) is 5.92 Å². The minimum absolute atomic E-state index is 0. The lowest BCUT2D eigenvalue weighted by Crippen LogP contribution is -2.51. The van der Waals surface area contributed by atoms with E-state index in [1.54, 1.807) is 0 Å². The van der Waals surface area contributed by atoms with Crippen LogP contribution in [0.15, 0.2) is 0 Å². The van der Waals surface area contributed by atoms with Crippen molar-refractivity contribution >= 4 is 28.2 Å². The molecule has 0 aromatic carbocycles. The molecular formula is C10H21ClN2O3S. The first-order chi connectivity index (χ1) is 7.32. The summed E-state index contributed by atoms with van der Waals surface area (Å²) in [5, 5.41) is 2.71. The molecule has 1 aliphatic heterocycles. The molecule has 1 heterocycles. The third-order valence-corrected chi connectivity index (χ3v) is 4.65. The summed E-state index contributed by atoms with van der Waals surface area (Å²) < 4.78 is 22.7. The minimum Gasteiger partial charge on any atom is -0.351 e. The van der Waals surface area contributed by atoms with Gasteiger partial charge in [0.2, 0.25) is 5.91 Å². The van der Waals surface area contributed by atoms with Crippen molar-refractivity contribution in [2.24, 2.45) is 11.7 Å². The van der Waals surface area contributed by atoms with Crippen molar-refractivity contribution in [3.05, 3.63) is 0 Å². The molecule has 3 N–H and O–H groups in total. The fourth-order valence-electron chi connectivity index (χ4n) is 1.74. The van der Waals surface area contributed by atoms with Crippen LogP contribution in [0.2, 0.25) is 0 Å². The zero-order valence-corrected chi connectivity index (χ0v) is 11.8. The van der Waals surface area contributed by atoms with Crippen LogP contribution in [0.5, 0.6) is 0 Å². The molecule has 0 bridgehead atoms. The molecule has 0 radical (unpaired) electrons. The first-order valence-electron chi connectivity index (χ1n) is 5.58. The second kappa shape index (κ2) is 6.56. The number of hydrogen-bond donors (Lipinski definition) is 2. The van der Waals surface area contributed by atoms with Gasteiger partial charge >= 0.3 is 0 Å². The largest absolute Gasteiger partial charge is 0.351 e. The first-order valence-corrected chi connectivity index (χ1v) is 7.40. The molecule has 2 atom stereocenters. The maximum Gasteiger partial charge on any atom is 0.237 e. The minimum atomic E-state index is -2.98. The summed E-state index contributed by atoms with van der Waals surface area (Å²) in [5.74, 6) is 0.0800. The lowest BCUT2D eigenvalue weighted by atomic mass is 10.0. The molecule has 1 fully saturated rings. The van der Waals surface area contributed by atoms with E-state index in [0.717, 1.165) is 6.42 Å². The number of carbonyl (C=O) groups is 1. The Hall–Kier alpha value is -0.330. The SMILES string of the molecule is CC(C)C(N)C(=O)NC1CCCS(=O)(=O)C1.Cl. The van der Waals surface area contributed by atoms with E-state index in [2.05, 4.69) is 5.32 Å². The van der Waals surface area contributed by atoms with Crippen LogP contribution in [-0.4, -0.2) is 37.9 Å². The van der Waals surface area contributed by atoms with Gasteiger partial charge < -0.3 is 11.1 Å². The van der Waals surface area contributed by atoms with E-state index in [4.69, 9.17) is 5.73 Å². The lowest BCUT2D eigenvalue weighted by molar-refractivity contribution is -0.123. The molecule has 102 valence electrons. The van der Waals surface area contributed by atoms with Gasteiger partial charge in [-0.15, -0.1) is 12.4 Å². The van der Waals surface area contributed by atoms with Crippen LogP contribution in [0.25, 0.3) is 0 Å². The van der Waals surface area contributed by atoms with Gasteiger partial charge in [0.1, 0.15) is 0 Å². The Morgan fingerprint density at radius 2 is 2.00 bits per heavy atom. The summed E-state index contributed by atoms with van der Waals surface area (Å²) in [4.78, 5) is 11.6. The number of nitrogens with one attached hydrogen (secondary N) is 1.